The molecule has 0 aliphatic heterocycles. The average molecular weight is 264 g/mol. The minimum absolute atomic E-state index is 0.620. The Bertz CT molecular complexity index is 366. The second-order valence-electron chi connectivity index (χ2n) is 6.33. The molecule has 0 aliphatic carbocycles. The highest BCUT2D eigenvalue weighted by atomic mass is 28.4. The van der Waals surface area contributed by atoms with Gasteiger partial charge in [-0.25, -0.2) is 0 Å². The van der Waals surface area contributed by atoms with Crippen LogP contribution < -0.4 is 5.32 Å². The molecule has 1 rings (SSSR count). The molecule has 1 aromatic rings. The van der Waals surface area contributed by atoms with Crippen LogP contribution in [0.5, 0.6) is 0 Å². The van der Waals surface area contributed by atoms with Gasteiger partial charge in [-0.05, 0) is 12.1 Å². The van der Waals surface area contributed by atoms with Crippen molar-refractivity contribution >= 4 is 21.8 Å². The summed E-state index contributed by atoms with van der Waals surface area (Å²) in [6, 6.07) is 10.5. The maximum Gasteiger partial charge on any atom is 0.0919 e. The van der Waals surface area contributed by atoms with Crippen molar-refractivity contribution in [1.82, 2.24) is 0 Å². The number of anilines is 1. The van der Waals surface area contributed by atoms with Gasteiger partial charge in [-0.15, -0.1) is 12.3 Å². The highest BCUT2D eigenvalue weighted by molar-refractivity contribution is 6.99. The molecule has 0 saturated heterocycles. The van der Waals surface area contributed by atoms with Gasteiger partial charge in [0.25, 0.3) is 0 Å². The maximum absolute atomic E-state index is 4.05. The third kappa shape index (κ3) is 3.85. The predicted molar refractivity (Wildman–Crippen MR) is 84.9 cm³/mol. The van der Waals surface area contributed by atoms with Crippen LogP contribution in [0.1, 0.15) is 0 Å². The summed E-state index contributed by atoms with van der Waals surface area (Å²) in [4.78, 5) is 0. The highest BCUT2D eigenvalue weighted by Crippen LogP contribution is 2.24. The summed E-state index contributed by atoms with van der Waals surface area (Å²) in [6.45, 7) is 16.2. The van der Waals surface area contributed by atoms with Crippen LogP contribution in [0.4, 0.5) is 5.69 Å². The maximum atomic E-state index is 4.05. The van der Waals surface area contributed by atoms with Crippen molar-refractivity contribution in [2.45, 2.75) is 38.0 Å². The summed E-state index contributed by atoms with van der Waals surface area (Å²) >= 11 is 0. The van der Waals surface area contributed by atoms with E-state index in [2.05, 4.69) is 80.7 Å². The number of rotatable bonds is 5. The number of hydrogen-bond donors (Lipinski definition) is 1. The third-order valence-corrected chi connectivity index (χ3v) is 12.6. The Balaban J connectivity index is 2.98. The molecular weight excluding hydrogens is 238 g/mol. The molecule has 0 amide bonds. The van der Waals surface area contributed by atoms with Crippen LogP contribution in [-0.2, 0) is 0 Å². The van der Waals surface area contributed by atoms with Gasteiger partial charge in [0.1, 0.15) is 0 Å². The second kappa shape index (κ2) is 5.23. The second-order valence-corrected chi connectivity index (χ2v) is 16.8. The van der Waals surface area contributed by atoms with E-state index < -0.39 is 16.1 Å². The topological polar surface area (TPSA) is 12.0 Å². The first-order valence-electron chi connectivity index (χ1n) is 6.22. The fourth-order valence-electron chi connectivity index (χ4n) is 2.34. The normalized spacial score (nSPS) is 14.2. The number of benzene rings is 1. The first kappa shape index (κ1) is 14.3. The van der Waals surface area contributed by atoms with Crippen LogP contribution in [-0.4, -0.2) is 21.4 Å². The van der Waals surface area contributed by atoms with Crippen LogP contribution in [0, 0.1) is 0 Å². The van der Waals surface area contributed by atoms with Gasteiger partial charge >= 0.3 is 0 Å². The Morgan fingerprint density at radius 3 is 2.00 bits per heavy atom. The van der Waals surface area contributed by atoms with Crippen LogP contribution in [0.3, 0.4) is 0 Å². The first-order chi connectivity index (χ1) is 7.77. The summed E-state index contributed by atoms with van der Waals surface area (Å²) in [5, 5.41) is 4.38. The fourth-order valence-corrected chi connectivity index (χ4v) is 13.0. The first-order valence-corrected chi connectivity index (χ1v) is 13.0. The van der Waals surface area contributed by atoms with Crippen molar-refractivity contribution in [3.05, 3.63) is 42.6 Å². The molecule has 0 aliphatic rings. The van der Waals surface area contributed by atoms with Gasteiger partial charge in [-0.3, -0.25) is 0 Å². The monoisotopic (exact) mass is 263 g/mol. The van der Waals surface area contributed by atoms with Gasteiger partial charge in [-0.1, -0.05) is 50.9 Å². The van der Waals surface area contributed by atoms with Crippen LogP contribution >= 0.6 is 0 Å². The van der Waals surface area contributed by atoms with Crippen LogP contribution in [0.25, 0.3) is 0 Å². The van der Waals surface area contributed by atoms with Crippen molar-refractivity contribution in [3.8, 4) is 0 Å². The van der Waals surface area contributed by atoms with Crippen molar-refractivity contribution in [2.24, 2.45) is 0 Å². The molecule has 1 nitrogen and oxygen atoms in total. The Morgan fingerprint density at radius 1 is 1.06 bits per heavy atom. The zero-order valence-electron chi connectivity index (χ0n) is 11.7. The fraction of sp³-hybridized carbons (Fsp3) is 0.429. The molecule has 1 unspecified atom stereocenters. The van der Waals surface area contributed by atoms with E-state index in [1.54, 1.807) is 0 Å². The zero-order valence-corrected chi connectivity index (χ0v) is 13.7. The minimum atomic E-state index is -1.41. The van der Waals surface area contributed by atoms with E-state index in [0.717, 1.165) is 0 Å². The lowest BCUT2D eigenvalue weighted by Gasteiger charge is -2.40. The van der Waals surface area contributed by atoms with Gasteiger partial charge in [0.15, 0.2) is 0 Å². The summed E-state index contributed by atoms with van der Waals surface area (Å²) in [6.07, 6.45) is 0. The van der Waals surface area contributed by atoms with E-state index in [1.807, 2.05) is 0 Å². The van der Waals surface area contributed by atoms with Gasteiger partial charge in [0.05, 0.1) is 16.1 Å². The summed E-state index contributed by atoms with van der Waals surface area (Å²) in [5.74, 6) is 0. The summed E-state index contributed by atoms with van der Waals surface area (Å²) in [5.41, 5.74) is 3.45. The average Bonchev–Trinajstić information content (AvgIpc) is 2.25. The Kier molecular flexibility index (Phi) is 4.39. The Labute approximate surface area is 108 Å². The standard InChI is InChI=1S/C14H25NSi2/c1-7-17(5,6)14(16(2,3)4)15-13-11-9-8-10-12-13/h7-12,14-15H,1H2,2-6H3. The SMILES string of the molecule is C=C[Si](C)(C)C(Nc1ccccc1)[Si](C)(C)C. The molecule has 94 valence electrons. The van der Waals surface area contributed by atoms with Crippen molar-refractivity contribution in [1.29, 1.82) is 0 Å². The molecule has 1 atom stereocenters. The lowest BCUT2D eigenvalue weighted by Crippen LogP contribution is -2.59. The summed E-state index contributed by atoms with van der Waals surface area (Å²) in [7, 11) is -2.66. The predicted octanol–water partition coefficient (Wildman–Crippen LogP) is 4.32. The number of para-hydroxylation sites is 1. The molecule has 0 aromatic heterocycles. The van der Waals surface area contributed by atoms with E-state index in [9.17, 15) is 0 Å². The van der Waals surface area contributed by atoms with Gasteiger partial charge in [0, 0.05) is 11.0 Å². The lowest BCUT2D eigenvalue weighted by molar-refractivity contribution is 1.21. The zero-order chi connectivity index (χ0) is 13.1. The quantitative estimate of drug-likeness (QED) is 0.780. The molecule has 0 fully saturated rings. The molecule has 0 spiro atoms. The molecule has 3 heteroatoms. The van der Waals surface area contributed by atoms with Crippen molar-refractivity contribution in [2.75, 3.05) is 5.32 Å². The smallest absolute Gasteiger partial charge is 0.0919 e. The van der Waals surface area contributed by atoms with E-state index in [4.69, 9.17) is 0 Å². The number of hydrogen-bond acceptors (Lipinski definition) is 1. The molecule has 0 saturated carbocycles. The Morgan fingerprint density at radius 2 is 1.59 bits per heavy atom. The molecular formula is C14H25NSi2. The van der Waals surface area contributed by atoms with E-state index in [1.165, 1.54) is 5.69 Å². The lowest BCUT2D eigenvalue weighted by atomic mass is 10.3. The van der Waals surface area contributed by atoms with E-state index in [0.29, 0.717) is 5.29 Å². The van der Waals surface area contributed by atoms with E-state index in [-0.39, 0.29) is 0 Å². The third-order valence-electron chi connectivity index (χ3n) is 3.22. The van der Waals surface area contributed by atoms with E-state index >= 15 is 0 Å². The van der Waals surface area contributed by atoms with Crippen LogP contribution in [0.15, 0.2) is 42.6 Å². The highest BCUT2D eigenvalue weighted by Gasteiger charge is 2.38. The van der Waals surface area contributed by atoms with Crippen LogP contribution in [0.2, 0.25) is 32.7 Å². The van der Waals surface area contributed by atoms with Crippen molar-refractivity contribution < 1.29 is 0 Å². The molecule has 0 heterocycles. The molecule has 17 heavy (non-hydrogen) atoms. The summed E-state index contributed by atoms with van der Waals surface area (Å²) < 4.78 is 0. The number of nitrogens with one attached hydrogen (secondary N) is 1. The van der Waals surface area contributed by atoms with Crippen molar-refractivity contribution in [3.63, 3.8) is 0 Å². The molecule has 0 bridgehead atoms. The van der Waals surface area contributed by atoms with Gasteiger partial charge in [-0.2, -0.15) is 0 Å². The Hall–Kier alpha value is -0.806. The largest absolute Gasteiger partial charge is 0.387 e. The molecule has 0 radical (unpaired) electrons. The molecule has 1 aromatic carbocycles. The molecule has 1 N–H and O–H groups in total. The minimum Gasteiger partial charge on any atom is -0.387 e. The van der Waals surface area contributed by atoms with Gasteiger partial charge < -0.3 is 5.32 Å². The van der Waals surface area contributed by atoms with Gasteiger partial charge in [0.2, 0.25) is 0 Å².